The van der Waals surface area contributed by atoms with E-state index in [0.717, 1.165) is 0 Å². The van der Waals surface area contributed by atoms with Gasteiger partial charge in [0.1, 0.15) is 0 Å². The van der Waals surface area contributed by atoms with Gasteiger partial charge < -0.3 is 0 Å². The molecule has 1 nitrogen and oxygen atoms in total. The highest BCUT2D eigenvalue weighted by Crippen LogP contribution is 2.21. The maximum absolute atomic E-state index is 5.49. The summed E-state index contributed by atoms with van der Waals surface area (Å²) < 4.78 is 0.194. The molecule has 0 spiro atoms. The van der Waals surface area contributed by atoms with Crippen molar-refractivity contribution in [3.05, 3.63) is 0 Å². The highest BCUT2D eigenvalue weighted by molar-refractivity contribution is 8.13. The second kappa shape index (κ2) is 3.54. The summed E-state index contributed by atoms with van der Waals surface area (Å²) in [5, 5.41) is 5.49. The van der Waals surface area contributed by atoms with Crippen LogP contribution < -0.4 is 5.14 Å². The molecule has 52 valence electrons. The molecule has 0 aliphatic carbocycles. The molecule has 0 aromatic heterocycles. The first-order chi connectivity index (χ1) is 2.94. The van der Waals surface area contributed by atoms with Crippen molar-refractivity contribution in [1.82, 2.24) is 0 Å². The van der Waals surface area contributed by atoms with Gasteiger partial charge in [0.25, 0.3) is 0 Å². The number of hydrogen-bond donors (Lipinski definition) is 1. The minimum atomic E-state index is -0.183. The van der Waals surface area contributed by atoms with Gasteiger partial charge in [0.2, 0.25) is 0 Å². The molecule has 1 unspecified atom stereocenters. The predicted octanol–water partition coefficient (Wildman–Crippen LogP) is 1.47. The van der Waals surface area contributed by atoms with Crippen LogP contribution in [0.25, 0.3) is 0 Å². The molecular formula is C5H15NS2. The maximum atomic E-state index is 5.49. The van der Waals surface area contributed by atoms with E-state index in [2.05, 4.69) is 26.6 Å². The van der Waals surface area contributed by atoms with E-state index in [4.69, 9.17) is 5.14 Å². The van der Waals surface area contributed by atoms with Crippen LogP contribution in [0.3, 0.4) is 0 Å². The average molecular weight is 153 g/mol. The SMILES string of the molecule is C=S(N)C(C)(C)C.S. The van der Waals surface area contributed by atoms with Crippen LogP contribution in [0, 0.1) is 0 Å². The Morgan fingerprint density at radius 1 is 1.38 bits per heavy atom. The minimum Gasteiger partial charge on any atom is -0.283 e. The summed E-state index contributed by atoms with van der Waals surface area (Å²) in [6.07, 6.45) is 0. The molecule has 0 amide bonds. The van der Waals surface area contributed by atoms with Crippen molar-refractivity contribution in [2.45, 2.75) is 25.5 Å². The summed E-state index contributed by atoms with van der Waals surface area (Å²) in [4.78, 5) is 0. The number of hydrogen-bond acceptors (Lipinski definition) is 1. The van der Waals surface area contributed by atoms with Crippen LogP contribution >= 0.6 is 24.2 Å². The predicted molar refractivity (Wildman–Crippen MR) is 49.0 cm³/mol. The van der Waals surface area contributed by atoms with Crippen LogP contribution in [0.1, 0.15) is 20.8 Å². The Kier molecular flexibility index (Phi) is 5.01. The molecule has 0 fully saturated rings. The third-order valence-electron chi connectivity index (χ3n) is 0.787. The van der Waals surface area contributed by atoms with Gasteiger partial charge in [0.05, 0.1) is 0 Å². The van der Waals surface area contributed by atoms with Gasteiger partial charge in [0, 0.05) is 4.75 Å². The Balaban J connectivity index is 0. The Morgan fingerprint density at radius 3 is 1.50 bits per heavy atom. The molecule has 0 aromatic rings. The van der Waals surface area contributed by atoms with Crippen LogP contribution in [-0.2, 0) is 0 Å². The molecule has 0 aliphatic rings. The summed E-state index contributed by atoms with van der Waals surface area (Å²) >= 11 is 0. The topological polar surface area (TPSA) is 26.0 Å². The second-order valence-corrected chi connectivity index (χ2v) is 4.62. The molecule has 3 heteroatoms. The van der Waals surface area contributed by atoms with Gasteiger partial charge in [-0.25, -0.2) is 0 Å². The Morgan fingerprint density at radius 2 is 1.50 bits per heavy atom. The van der Waals surface area contributed by atoms with Crippen LogP contribution in [0.2, 0.25) is 0 Å². The molecule has 0 aliphatic heterocycles. The van der Waals surface area contributed by atoms with Gasteiger partial charge >= 0.3 is 0 Å². The van der Waals surface area contributed by atoms with E-state index in [9.17, 15) is 0 Å². The fourth-order valence-corrected chi connectivity index (χ4v) is 0. The van der Waals surface area contributed by atoms with E-state index < -0.39 is 0 Å². The highest BCUT2D eigenvalue weighted by Gasteiger charge is 2.08. The zero-order valence-corrected chi connectivity index (χ0v) is 7.51. The first-order valence-corrected chi connectivity index (χ1v) is 3.69. The third-order valence-corrected chi connectivity index (χ3v) is 2.36. The normalized spacial score (nSPS) is 14.5. The lowest BCUT2D eigenvalue weighted by Crippen LogP contribution is -2.14. The van der Waals surface area contributed by atoms with Crippen molar-refractivity contribution in [2.75, 3.05) is 0 Å². The first-order valence-electron chi connectivity index (χ1n) is 2.23. The van der Waals surface area contributed by atoms with Gasteiger partial charge in [-0.2, -0.15) is 13.5 Å². The van der Waals surface area contributed by atoms with Crippen LogP contribution in [-0.4, -0.2) is 10.6 Å². The van der Waals surface area contributed by atoms with E-state index in [-0.39, 0.29) is 28.9 Å². The monoisotopic (exact) mass is 153 g/mol. The van der Waals surface area contributed by atoms with Crippen LogP contribution in [0.5, 0.6) is 0 Å². The van der Waals surface area contributed by atoms with Crippen molar-refractivity contribution in [1.29, 1.82) is 0 Å². The average Bonchev–Trinajstić information content (AvgIpc) is 1.31. The molecule has 0 bridgehead atoms. The summed E-state index contributed by atoms with van der Waals surface area (Å²) in [6.45, 7) is 6.26. The lowest BCUT2D eigenvalue weighted by molar-refractivity contribution is 0.802. The fraction of sp³-hybridized carbons (Fsp3) is 0.800. The van der Waals surface area contributed by atoms with Crippen LogP contribution in [0.15, 0.2) is 0 Å². The molecule has 0 saturated carbocycles. The van der Waals surface area contributed by atoms with Gasteiger partial charge in [-0.05, 0) is 0 Å². The van der Waals surface area contributed by atoms with Crippen LogP contribution in [0.4, 0.5) is 0 Å². The molecule has 0 aromatic carbocycles. The minimum absolute atomic E-state index is 0. The molecular weight excluding hydrogens is 138 g/mol. The summed E-state index contributed by atoms with van der Waals surface area (Å²) in [6, 6.07) is 0. The summed E-state index contributed by atoms with van der Waals surface area (Å²) in [5.74, 6) is 3.72. The number of rotatable bonds is 0. The Hall–Kier alpha value is 0.530. The van der Waals surface area contributed by atoms with E-state index in [0.29, 0.717) is 0 Å². The van der Waals surface area contributed by atoms with Crippen molar-refractivity contribution in [3.63, 3.8) is 0 Å². The zero-order valence-electron chi connectivity index (χ0n) is 5.69. The van der Waals surface area contributed by atoms with E-state index in [1.807, 2.05) is 0 Å². The Labute approximate surface area is 61.2 Å². The highest BCUT2D eigenvalue weighted by atomic mass is 32.2. The van der Waals surface area contributed by atoms with Gasteiger partial charge in [-0.15, -0.1) is 10.7 Å². The van der Waals surface area contributed by atoms with Crippen molar-refractivity contribution < 1.29 is 0 Å². The Bertz CT molecular complexity index is 82.9. The van der Waals surface area contributed by atoms with E-state index in [1.54, 1.807) is 0 Å². The van der Waals surface area contributed by atoms with Gasteiger partial charge in [-0.3, -0.25) is 5.14 Å². The van der Waals surface area contributed by atoms with E-state index in [1.165, 1.54) is 0 Å². The smallest absolute Gasteiger partial charge is 0.0149 e. The molecule has 0 saturated heterocycles. The fourth-order valence-electron chi connectivity index (χ4n) is 0. The van der Waals surface area contributed by atoms with Gasteiger partial charge in [-0.1, -0.05) is 26.6 Å². The van der Waals surface area contributed by atoms with Crippen molar-refractivity contribution in [2.24, 2.45) is 5.14 Å². The van der Waals surface area contributed by atoms with Crippen molar-refractivity contribution in [3.8, 4) is 0 Å². The molecule has 0 heterocycles. The van der Waals surface area contributed by atoms with Gasteiger partial charge in [0.15, 0.2) is 0 Å². The largest absolute Gasteiger partial charge is 0.283 e. The lowest BCUT2D eigenvalue weighted by Gasteiger charge is -2.17. The summed E-state index contributed by atoms with van der Waals surface area (Å²) in [7, 11) is -0.183. The third kappa shape index (κ3) is 4.68. The molecule has 0 rings (SSSR count). The molecule has 0 radical (unpaired) electrons. The molecule has 2 N–H and O–H groups in total. The quantitative estimate of drug-likeness (QED) is 0.524. The molecule has 1 atom stereocenters. The standard InChI is InChI=1S/C5H13NS.H2S/c1-5(2,3)7(4)6;/h4,6H2,1-3H3;1H2. The second-order valence-electron chi connectivity index (χ2n) is 2.54. The first kappa shape index (κ1) is 11.3. The molecule has 8 heavy (non-hydrogen) atoms. The van der Waals surface area contributed by atoms with Crippen molar-refractivity contribution >= 4 is 30.0 Å². The zero-order chi connectivity index (χ0) is 6.08. The van der Waals surface area contributed by atoms with E-state index >= 15 is 0 Å². The lowest BCUT2D eigenvalue weighted by atomic mass is 10.3. The number of nitrogens with two attached hydrogens (primary N) is 1. The maximum Gasteiger partial charge on any atom is 0.0149 e. The summed E-state index contributed by atoms with van der Waals surface area (Å²) in [5.41, 5.74) is 0.